The van der Waals surface area contributed by atoms with Gasteiger partial charge in [0.05, 0.1) is 12.5 Å². The van der Waals surface area contributed by atoms with Gasteiger partial charge in [-0.05, 0) is 92.3 Å². The summed E-state index contributed by atoms with van der Waals surface area (Å²) < 4.78 is 14.4. The van der Waals surface area contributed by atoms with Gasteiger partial charge in [-0.3, -0.25) is 19.4 Å². The second-order valence-corrected chi connectivity index (χ2v) is 11.5. The highest BCUT2D eigenvalue weighted by atomic mass is 19.1. The number of nitrogens with zero attached hydrogens (tertiary/aromatic N) is 2. The Labute approximate surface area is 235 Å². The summed E-state index contributed by atoms with van der Waals surface area (Å²) in [6, 6.07) is 11.6. The van der Waals surface area contributed by atoms with Crippen molar-refractivity contribution < 1.29 is 23.9 Å². The zero-order valence-electron chi connectivity index (χ0n) is 23.9. The van der Waals surface area contributed by atoms with Crippen LogP contribution in [0.1, 0.15) is 98.8 Å². The van der Waals surface area contributed by atoms with Gasteiger partial charge in [-0.2, -0.15) is 0 Å². The standard InChI is InChI=1S/C32H40FN3O4/c1-5-6-27(23-7-9-24(10-8-23)30(39)34-16-13-28(37)38)36-31(40)29(25-17-21(4)18-26(33)19-25)35-32(36)14-11-22(12-15-32)20(2)3/h7-10,17-20,22,27H,5-6,11-16H2,1-4H3,(H,34,39)(H,37,38)/t22?,27-,32?/m1/s1. The van der Waals surface area contributed by atoms with Crippen LogP contribution in [0.15, 0.2) is 47.5 Å². The molecule has 2 aromatic carbocycles. The van der Waals surface area contributed by atoms with Crippen LogP contribution in [0.2, 0.25) is 0 Å². The van der Waals surface area contributed by atoms with Gasteiger partial charge in [-0.1, -0.05) is 39.3 Å². The van der Waals surface area contributed by atoms with E-state index in [1.54, 1.807) is 12.1 Å². The normalized spacial score (nSPS) is 21.6. The highest BCUT2D eigenvalue weighted by Gasteiger charge is 2.52. The number of carbonyl (C=O) groups excluding carboxylic acids is 2. The lowest BCUT2D eigenvalue weighted by Crippen LogP contribution is -2.51. The van der Waals surface area contributed by atoms with Crippen LogP contribution in [-0.4, -0.2) is 45.7 Å². The maximum absolute atomic E-state index is 14.4. The van der Waals surface area contributed by atoms with E-state index < -0.39 is 11.6 Å². The van der Waals surface area contributed by atoms with E-state index in [-0.39, 0.29) is 36.6 Å². The SMILES string of the molecule is CCC[C@H](c1ccc(C(=O)NCCC(=O)O)cc1)N1C(=O)C(c2cc(C)cc(F)c2)=NC12CCC(C(C)C)CC2. The molecule has 4 rings (SSSR count). The summed E-state index contributed by atoms with van der Waals surface area (Å²) in [5.74, 6) is -0.752. The van der Waals surface area contributed by atoms with Crippen LogP contribution in [0.25, 0.3) is 0 Å². The van der Waals surface area contributed by atoms with E-state index in [1.807, 2.05) is 30.0 Å². The van der Waals surface area contributed by atoms with Gasteiger partial charge in [-0.25, -0.2) is 4.39 Å². The Hall–Kier alpha value is -3.55. The lowest BCUT2D eigenvalue weighted by Gasteiger charge is -2.46. The third-order valence-corrected chi connectivity index (χ3v) is 8.33. The molecule has 1 saturated carbocycles. The van der Waals surface area contributed by atoms with Crippen molar-refractivity contribution in [2.24, 2.45) is 16.8 Å². The predicted molar refractivity (Wildman–Crippen MR) is 153 cm³/mol. The molecule has 2 N–H and O–H groups in total. The first-order valence-corrected chi connectivity index (χ1v) is 14.4. The number of carboxylic acid groups (broad SMARTS) is 1. The molecule has 2 aliphatic rings. The molecule has 0 radical (unpaired) electrons. The van der Waals surface area contributed by atoms with Crippen LogP contribution in [0.4, 0.5) is 4.39 Å². The second-order valence-electron chi connectivity index (χ2n) is 11.5. The minimum atomic E-state index is -0.973. The highest BCUT2D eigenvalue weighted by Crippen LogP contribution is 2.48. The van der Waals surface area contributed by atoms with Crippen molar-refractivity contribution in [1.29, 1.82) is 0 Å². The van der Waals surface area contributed by atoms with Gasteiger partial charge in [0, 0.05) is 17.7 Å². The van der Waals surface area contributed by atoms with E-state index in [2.05, 4.69) is 26.1 Å². The minimum Gasteiger partial charge on any atom is -0.481 e. The highest BCUT2D eigenvalue weighted by molar-refractivity contribution is 6.46. The summed E-state index contributed by atoms with van der Waals surface area (Å²) in [4.78, 5) is 44.6. The lowest BCUT2D eigenvalue weighted by atomic mass is 9.76. The smallest absolute Gasteiger partial charge is 0.305 e. The van der Waals surface area contributed by atoms with Gasteiger partial charge in [-0.15, -0.1) is 0 Å². The molecule has 1 aliphatic heterocycles. The summed E-state index contributed by atoms with van der Waals surface area (Å²) in [5, 5.41) is 11.4. The molecule has 0 saturated heterocycles. The monoisotopic (exact) mass is 549 g/mol. The van der Waals surface area contributed by atoms with E-state index in [0.29, 0.717) is 28.7 Å². The largest absolute Gasteiger partial charge is 0.481 e. The van der Waals surface area contributed by atoms with Crippen molar-refractivity contribution in [3.05, 3.63) is 70.5 Å². The molecule has 40 heavy (non-hydrogen) atoms. The minimum absolute atomic E-state index is 0.0518. The average molecular weight is 550 g/mol. The first-order valence-electron chi connectivity index (χ1n) is 14.4. The van der Waals surface area contributed by atoms with Gasteiger partial charge in [0.1, 0.15) is 17.2 Å². The number of amides is 2. The number of hydrogen-bond acceptors (Lipinski definition) is 4. The van der Waals surface area contributed by atoms with E-state index in [0.717, 1.165) is 49.7 Å². The fourth-order valence-corrected chi connectivity index (χ4v) is 6.19. The lowest BCUT2D eigenvalue weighted by molar-refractivity contribution is -0.137. The maximum atomic E-state index is 14.4. The van der Waals surface area contributed by atoms with Crippen molar-refractivity contribution in [2.75, 3.05) is 6.54 Å². The molecule has 214 valence electrons. The first-order chi connectivity index (χ1) is 19.0. The van der Waals surface area contributed by atoms with Gasteiger partial charge in [0.25, 0.3) is 11.8 Å². The number of carboxylic acids is 1. The molecular weight excluding hydrogens is 509 g/mol. The molecule has 0 bridgehead atoms. The summed E-state index contributed by atoms with van der Waals surface area (Å²) in [5.41, 5.74) is 2.22. The van der Waals surface area contributed by atoms with Crippen molar-refractivity contribution in [3.8, 4) is 0 Å². The van der Waals surface area contributed by atoms with E-state index >= 15 is 0 Å². The predicted octanol–water partition coefficient (Wildman–Crippen LogP) is 6.05. The fraction of sp³-hybridized carbons (Fsp3) is 0.500. The van der Waals surface area contributed by atoms with Crippen molar-refractivity contribution in [2.45, 2.75) is 84.3 Å². The zero-order valence-corrected chi connectivity index (χ0v) is 23.9. The van der Waals surface area contributed by atoms with Crippen molar-refractivity contribution in [3.63, 3.8) is 0 Å². The summed E-state index contributed by atoms with van der Waals surface area (Å²) >= 11 is 0. The fourth-order valence-electron chi connectivity index (χ4n) is 6.19. The number of carbonyl (C=O) groups is 3. The Balaban J connectivity index is 1.68. The Kier molecular flexibility index (Phi) is 9.06. The number of hydrogen-bond donors (Lipinski definition) is 2. The van der Waals surface area contributed by atoms with E-state index in [4.69, 9.17) is 10.1 Å². The molecule has 0 unspecified atom stereocenters. The zero-order chi connectivity index (χ0) is 29.0. The number of benzene rings is 2. The van der Waals surface area contributed by atoms with E-state index in [9.17, 15) is 18.8 Å². The first kappa shape index (κ1) is 29.4. The molecule has 1 spiro atoms. The third-order valence-electron chi connectivity index (χ3n) is 8.33. The molecular formula is C32H40FN3O4. The number of aryl methyl sites for hydroxylation is 1. The van der Waals surface area contributed by atoms with Crippen molar-refractivity contribution >= 4 is 23.5 Å². The van der Waals surface area contributed by atoms with Crippen LogP contribution >= 0.6 is 0 Å². The molecule has 7 nitrogen and oxygen atoms in total. The Morgan fingerprint density at radius 2 is 1.82 bits per heavy atom. The van der Waals surface area contributed by atoms with Gasteiger partial charge < -0.3 is 15.3 Å². The number of aliphatic carboxylic acids is 1. The number of halogens is 1. The van der Waals surface area contributed by atoms with Crippen LogP contribution in [0.3, 0.4) is 0 Å². The molecule has 8 heteroatoms. The van der Waals surface area contributed by atoms with Crippen LogP contribution in [0, 0.1) is 24.6 Å². The molecule has 0 aromatic heterocycles. The third kappa shape index (κ3) is 6.26. The molecule has 2 amide bonds. The second kappa shape index (κ2) is 12.3. The Morgan fingerprint density at radius 1 is 1.15 bits per heavy atom. The summed E-state index contributed by atoms with van der Waals surface area (Å²) in [6.07, 6.45) is 4.85. The van der Waals surface area contributed by atoms with Crippen LogP contribution < -0.4 is 5.32 Å². The van der Waals surface area contributed by atoms with Gasteiger partial charge >= 0.3 is 5.97 Å². The topological polar surface area (TPSA) is 99.1 Å². The Morgan fingerprint density at radius 3 is 2.40 bits per heavy atom. The molecule has 1 heterocycles. The summed E-state index contributed by atoms with van der Waals surface area (Å²) in [7, 11) is 0. The van der Waals surface area contributed by atoms with E-state index in [1.165, 1.54) is 12.1 Å². The molecule has 1 fully saturated rings. The number of aliphatic imine (C=N–C) groups is 1. The summed E-state index contributed by atoms with van der Waals surface area (Å²) in [6.45, 7) is 8.43. The number of nitrogens with one attached hydrogen (secondary N) is 1. The van der Waals surface area contributed by atoms with Crippen LogP contribution in [0.5, 0.6) is 0 Å². The molecule has 2 aromatic rings. The van der Waals surface area contributed by atoms with Crippen molar-refractivity contribution in [1.82, 2.24) is 10.2 Å². The molecule has 1 aliphatic carbocycles. The maximum Gasteiger partial charge on any atom is 0.305 e. The molecule has 1 atom stereocenters. The van der Waals surface area contributed by atoms with Crippen LogP contribution in [-0.2, 0) is 9.59 Å². The average Bonchev–Trinajstić information content (AvgIpc) is 3.18. The number of rotatable bonds is 10. The van der Waals surface area contributed by atoms with Gasteiger partial charge in [0.15, 0.2) is 0 Å². The van der Waals surface area contributed by atoms with Gasteiger partial charge in [0.2, 0.25) is 0 Å². The Bertz CT molecular complexity index is 1260. The quantitative estimate of drug-likeness (QED) is 0.377.